The number of aliphatic carboxylic acids is 1. The molecule has 1 aromatic rings. The Hall–Kier alpha value is -1.57. The van der Waals surface area contributed by atoms with Crippen molar-refractivity contribution in [3.05, 3.63) is 47.0 Å². The van der Waals surface area contributed by atoms with Gasteiger partial charge in [-0.05, 0) is 44.1 Å². The molecule has 0 radical (unpaired) electrons. The van der Waals surface area contributed by atoms with E-state index in [1.54, 1.807) is 0 Å². The van der Waals surface area contributed by atoms with Crippen molar-refractivity contribution in [1.82, 2.24) is 0 Å². The zero-order chi connectivity index (χ0) is 12.3. The monoisotopic (exact) mass is 230 g/mol. The van der Waals surface area contributed by atoms with Crippen LogP contribution in [0.15, 0.2) is 35.9 Å². The van der Waals surface area contributed by atoms with Crippen LogP contribution >= 0.6 is 0 Å². The maximum Gasteiger partial charge on any atom is 0.328 e. The Labute approximate surface area is 102 Å². The van der Waals surface area contributed by atoms with Crippen LogP contribution in [0.3, 0.4) is 0 Å². The van der Waals surface area contributed by atoms with Crippen molar-refractivity contribution in [2.45, 2.75) is 38.5 Å². The molecule has 2 rings (SSSR count). The first-order valence-corrected chi connectivity index (χ1v) is 6.14. The molecule has 0 heterocycles. The number of carbonyl (C=O) groups is 1. The quantitative estimate of drug-likeness (QED) is 0.787. The van der Waals surface area contributed by atoms with Crippen LogP contribution in [0.1, 0.15) is 42.7 Å². The topological polar surface area (TPSA) is 37.3 Å². The van der Waals surface area contributed by atoms with E-state index >= 15 is 0 Å². The molecule has 0 amide bonds. The number of hydrogen-bond donors (Lipinski definition) is 1. The third kappa shape index (κ3) is 3.19. The molecule has 0 atom stereocenters. The van der Waals surface area contributed by atoms with E-state index in [2.05, 4.69) is 31.2 Å². The normalized spacial score (nSPS) is 20.1. The zero-order valence-corrected chi connectivity index (χ0v) is 10.1. The van der Waals surface area contributed by atoms with Crippen molar-refractivity contribution < 1.29 is 9.90 Å². The number of carboxylic acids is 1. The van der Waals surface area contributed by atoms with Gasteiger partial charge in [0.1, 0.15) is 0 Å². The number of aryl methyl sites for hydroxylation is 1. The van der Waals surface area contributed by atoms with Gasteiger partial charge in [0.25, 0.3) is 0 Å². The first kappa shape index (κ1) is 11.9. The Kier molecular flexibility index (Phi) is 3.62. The third-order valence-electron chi connectivity index (χ3n) is 3.50. The SMILES string of the molecule is Cc1ccc(C2CCC(=CC(=O)O)CC2)cc1. The van der Waals surface area contributed by atoms with Crippen molar-refractivity contribution in [2.24, 2.45) is 0 Å². The van der Waals surface area contributed by atoms with Crippen molar-refractivity contribution in [3.8, 4) is 0 Å². The number of hydrogen-bond acceptors (Lipinski definition) is 1. The molecule has 0 unspecified atom stereocenters. The largest absolute Gasteiger partial charge is 0.478 e. The minimum atomic E-state index is -0.811. The van der Waals surface area contributed by atoms with E-state index in [1.807, 2.05) is 0 Å². The van der Waals surface area contributed by atoms with Gasteiger partial charge in [-0.25, -0.2) is 4.79 Å². The molecule has 2 nitrogen and oxygen atoms in total. The highest BCUT2D eigenvalue weighted by Crippen LogP contribution is 2.35. The van der Waals surface area contributed by atoms with Gasteiger partial charge in [0.15, 0.2) is 0 Å². The average Bonchev–Trinajstić information content (AvgIpc) is 2.30. The highest BCUT2D eigenvalue weighted by molar-refractivity contribution is 5.80. The number of benzene rings is 1. The summed E-state index contributed by atoms with van der Waals surface area (Å²) in [7, 11) is 0. The van der Waals surface area contributed by atoms with Crippen LogP contribution < -0.4 is 0 Å². The van der Waals surface area contributed by atoms with Gasteiger partial charge in [-0.15, -0.1) is 0 Å². The Morgan fingerprint density at radius 2 is 1.82 bits per heavy atom. The van der Waals surface area contributed by atoms with E-state index in [0.29, 0.717) is 5.92 Å². The van der Waals surface area contributed by atoms with Gasteiger partial charge in [-0.3, -0.25) is 0 Å². The Morgan fingerprint density at radius 3 is 2.35 bits per heavy atom. The van der Waals surface area contributed by atoms with Gasteiger partial charge in [-0.1, -0.05) is 35.4 Å². The third-order valence-corrected chi connectivity index (χ3v) is 3.50. The predicted octanol–water partition coefficient (Wildman–Crippen LogP) is 3.66. The van der Waals surface area contributed by atoms with Crippen LogP contribution in [0, 0.1) is 6.92 Å². The van der Waals surface area contributed by atoms with Crippen LogP contribution in [-0.4, -0.2) is 11.1 Å². The second-order valence-electron chi connectivity index (χ2n) is 4.83. The molecule has 0 bridgehead atoms. The van der Waals surface area contributed by atoms with Crippen LogP contribution in [-0.2, 0) is 4.79 Å². The van der Waals surface area contributed by atoms with Gasteiger partial charge in [0.05, 0.1) is 0 Å². The number of carboxylic acid groups (broad SMARTS) is 1. The van der Waals surface area contributed by atoms with Gasteiger partial charge in [-0.2, -0.15) is 0 Å². The molecule has 90 valence electrons. The summed E-state index contributed by atoms with van der Waals surface area (Å²) in [5.41, 5.74) is 3.77. The first-order valence-electron chi connectivity index (χ1n) is 6.14. The number of allylic oxidation sites excluding steroid dienone is 1. The minimum absolute atomic E-state index is 0.599. The van der Waals surface area contributed by atoms with Gasteiger partial charge >= 0.3 is 5.97 Å². The standard InChI is InChI=1S/C15H18O2/c1-11-2-6-13(7-3-11)14-8-4-12(5-9-14)10-15(16)17/h2-3,6-7,10,14H,4-5,8-9H2,1H3,(H,16,17). The van der Waals surface area contributed by atoms with Crippen molar-refractivity contribution >= 4 is 5.97 Å². The highest BCUT2D eigenvalue weighted by atomic mass is 16.4. The lowest BCUT2D eigenvalue weighted by Gasteiger charge is -2.24. The molecule has 1 fully saturated rings. The van der Waals surface area contributed by atoms with Crippen LogP contribution in [0.25, 0.3) is 0 Å². The van der Waals surface area contributed by atoms with E-state index < -0.39 is 5.97 Å². The lowest BCUT2D eigenvalue weighted by Crippen LogP contribution is -2.07. The molecule has 0 spiro atoms. The van der Waals surface area contributed by atoms with Crippen molar-refractivity contribution in [3.63, 3.8) is 0 Å². The smallest absolute Gasteiger partial charge is 0.328 e. The molecule has 1 saturated carbocycles. The Bertz CT molecular complexity index is 419. The molecular formula is C15H18O2. The summed E-state index contributed by atoms with van der Waals surface area (Å²) >= 11 is 0. The fraction of sp³-hybridized carbons (Fsp3) is 0.400. The molecule has 0 aromatic heterocycles. The second-order valence-corrected chi connectivity index (χ2v) is 4.83. The molecule has 1 N–H and O–H groups in total. The second kappa shape index (κ2) is 5.17. The summed E-state index contributed by atoms with van der Waals surface area (Å²) in [5.74, 6) is -0.213. The summed E-state index contributed by atoms with van der Waals surface area (Å²) in [6.45, 7) is 2.10. The molecule has 1 aliphatic rings. The molecule has 17 heavy (non-hydrogen) atoms. The van der Waals surface area contributed by atoms with E-state index in [4.69, 9.17) is 5.11 Å². The Balaban J connectivity index is 1.99. The fourth-order valence-electron chi connectivity index (χ4n) is 2.48. The minimum Gasteiger partial charge on any atom is -0.478 e. The summed E-state index contributed by atoms with van der Waals surface area (Å²) < 4.78 is 0. The van der Waals surface area contributed by atoms with Crippen LogP contribution in [0.2, 0.25) is 0 Å². The van der Waals surface area contributed by atoms with E-state index in [9.17, 15) is 4.79 Å². The fourth-order valence-corrected chi connectivity index (χ4v) is 2.48. The van der Waals surface area contributed by atoms with Crippen molar-refractivity contribution in [2.75, 3.05) is 0 Å². The molecule has 0 aliphatic heterocycles. The van der Waals surface area contributed by atoms with Crippen LogP contribution in [0.4, 0.5) is 0 Å². The van der Waals surface area contributed by atoms with Gasteiger partial charge < -0.3 is 5.11 Å². The molecule has 1 aliphatic carbocycles. The Morgan fingerprint density at radius 1 is 1.24 bits per heavy atom. The molecular weight excluding hydrogens is 212 g/mol. The number of rotatable bonds is 2. The van der Waals surface area contributed by atoms with Crippen LogP contribution in [0.5, 0.6) is 0 Å². The maximum atomic E-state index is 10.6. The molecule has 0 saturated heterocycles. The summed E-state index contributed by atoms with van der Waals surface area (Å²) in [4.78, 5) is 10.6. The molecule has 1 aromatic carbocycles. The van der Waals surface area contributed by atoms with E-state index in [-0.39, 0.29) is 0 Å². The zero-order valence-electron chi connectivity index (χ0n) is 10.1. The van der Waals surface area contributed by atoms with Crippen molar-refractivity contribution in [1.29, 1.82) is 0 Å². The molecule has 2 heteroatoms. The lowest BCUT2D eigenvalue weighted by molar-refractivity contribution is -0.131. The predicted molar refractivity (Wildman–Crippen MR) is 68.1 cm³/mol. The van der Waals surface area contributed by atoms with Gasteiger partial charge in [0, 0.05) is 6.08 Å². The average molecular weight is 230 g/mol. The van der Waals surface area contributed by atoms with Gasteiger partial charge in [0.2, 0.25) is 0 Å². The lowest BCUT2D eigenvalue weighted by atomic mass is 9.81. The summed E-state index contributed by atoms with van der Waals surface area (Å²) in [5, 5.41) is 8.70. The van der Waals surface area contributed by atoms with E-state index in [0.717, 1.165) is 31.3 Å². The highest BCUT2D eigenvalue weighted by Gasteiger charge is 2.18. The van der Waals surface area contributed by atoms with E-state index in [1.165, 1.54) is 17.2 Å². The first-order chi connectivity index (χ1) is 8.15. The summed E-state index contributed by atoms with van der Waals surface area (Å²) in [6.07, 6.45) is 5.37. The maximum absolute atomic E-state index is 10.6. The summed E-state index contributed by atoms with van der Waals surface area (Å²) in [6, 6.07) is 8.70.